The van der Waals surface area contributed by atoms with Crippen LogP contribution in [0.5, 0.6) is 11.5 Å². The van der Waals surface area contributed by atoms with Crippen molar-refractivity contribution >= 4 is 0 Å². The fourth-order valence-electron chi connectivity index (χ4n) is 0.881. The van der Waals surface area contributed by atoms with Gasteiger partial charge in [0.1, 0.15) is 11.5 Å². The molecule has 0 aliphatic rings. The summed E-state index contributed by atoms with van der Waals surface area (Å²) >= 11 is 0. The number of hydrogen-bond acceptors (Lipinski definition) is 2. The number of methoxy groups -OCH3 is 1. The van der Waals surface area contributed by atoms with Gasteiger partial charge in [0.2, 0.25) is 0 Å². The Labute approximate surface area is 89.8 Å². The van der Waals surface area contributed by atoms with Gasteiger partial charge in [0.05, 0.1) is 7.11 Å². The molecule has 0 radical (unpaired) electrons. The molecular weight excluding hydrogens is 228 g/mol. The molecule has 0 bridgehead atoms. The van der Waals surface area contributed by atoms with Crippen LogP contribution in [0.1, 0.15) is 6.92 Å². The Hall–Kier alpha value is -1.46. The molecule has 2 nitrogen and oxygen atoms in total. The summed E-state index contributed by atoms with van der Waals surface area (Å²) in [5.41, 5.74) is 0. The summed E-state index contributed by atoms with van der Waals surface area (Å²) in [6.07, 6.45) is -4.54. The zero-order valence-corrected chi connectivity index (χ0v) is 8.64. The Kier molecular flexibility index (Phi) is 3.30. The quantitative estimate of drug-likeness (QED) is 0.749. The summed E-state index contributed by atoms with van der Waals surface area (Å²) in [6, 6.07) is 4.91. The van der Waals surface area contributed by atoms with Crippen LogP contribution in [0.4, 0.5) is 17.6 Å². The van der Waals surface area contributed by atoms with Crippen LogP contribution in [-0.4, -0.2) is 19.1 Å². The molecule has 0 N–H and O–H groups in total. The first kappa shape index (κ1) is 12.6. The van der Waals surface area contributed by atoms with Crippen molar-refractivity contribution in [2.75, 3.05) is 7.11 Å². The molecule has 0 aliphatic heterocycles. The van der Waals surface area contributed by atoms with Crippen LogP contribution < -0.4 is 9.47 Å². The molecule has 0 atom stereocenters. The van der Waals surface area contributed by atoms with E-state index in [2.05, 4.69) is 4.74 Å². The summed E-state index contributed by atoms with van der Waals surface area (Å²) in [5, 5.41) is 0. The number of benzene rings is 1. The number of rotatable bonds is 4. The highest BCUT2D eigenvalue weighted by atomic mass is 19.3. The molecule has 0 saturated carbocycles. The van der Waals surface area contributed by atoms with E-state index >= 15 is 0 Å². The van der Waals surface area contributed by atoms with Gasteiger partial charge in [0.15, 0.2) is 0 Å². The summed E-state index contributed by atoms with van der Waals surface area (Å²) < 4.78 is 59.2. The first-order chi connectivity index (χ1) is 7.26. The molecule has 0 heterocycles. The van der Waals surface area contributed by atoms with Crippen molar-refractivity contribution in [1.82, 2.24) is 0 Å². The van der Waals surface area contributed by atoms with E-state index in [1.807, 2.05) is 0 Å². The first-order valence-electron chi connectivity index (χ1n) is 4.35. The van der Waals surface area contributed by atoms with E-state index in [9.17, 15) is 17.6 Å². The van der Waals surface area contributed by atoms with Gasteiger partial charge in [-0.1, -0.05) is 0 Å². The third-order valence-corrected chi connectivity index (χ3v) is 1.82. The standard InChI is InChI=1S/C10H10F4O2/c1-9(11,12)10(13,14)16-8-5-3-7(15-2)4-6-8/h3-6H,1-2H3. The molecular formula is C10H10F4O2. The van der Waals surface area contributed by atoms with Crippen LogP contribution in [0, 0.1) is 0 Å². The molecule has 1 aromatic rings. The summed E-state index contributed by atoms with van der Waals surface area (Å²) in [4.78, 5) is 0. The van der Waals surface area contributed by atoms with E-state index < -0.39 is 12.0 Å². The highest BCUT2D eigenvalue weighted by Gasteiger charge is 2.55. The zero-order chi connectivity index (χ0) is 12.4. The van der Waals surface area contributed by atoms with Crippen molar-refractivity contribution < 1.29 is 27.0 Å². The monoisotopic (exact) mass is 238 g/mol. The lowest BCUT2D eigenvalue weighted by molar-refractivity contribution is -0.301. The van der Waals surface area contributed by atoms with Crippen LogP contribution in [0.25, 0.3) is 0 Å². The van der Waals surface area contributed by atoms with Gasteiger partial charge >= 0.3 is 12.0 Å². The lowest BCUT2D eigenvalue weighted by Gasteiger charge is -2.23. The summed E-state index contributed by atoms with van der Waals surface area (Å²) in [5.74, 6) is -4.18. The van der Waals surface area contributed by atoms with Gasteiger partial charge < -0.3 is 9.47 Å². The number of halogens is 4. The van der Waals surface area contributed by atoms with Gasteiger partial charge in [0.25, 0.3) is 0 Å². The Balaban J connectivity index is 2.80. The largest absolute Gasteiger partial charge is 0.497 e. The van der Waals surface area contributed by atoms with E-state index in [-0.39, 0.29) is 12.7 Å². The number of alkyl halides is 4. The Bertz CT molecular complexity index is 343. The average Bonchev–Trinajstić information content (AvgIpc) is 2.16. The Morgan fingerprint density at radius 2 is 1.38 bits per heavy atom. The third-order valence-electron chi connectivity index (χ3n) is 1.82. The minimum Gasteiger partial charge on any atom is -0.497 e. The normalized spacial score (nSPS) is 12.4. The van der Waals surface area contributed by atoms with Gasteiger partial charge in [-0.2, -0.15) is 17.6 Å². The van der Waals surface area contributed by atoms with E-state index in [0.29, 0.717) is 5.75 Å². The zero-order valence-electron chi connectivity index (χ0n) is 8.64. The fourth-order valence-corrected chi connectivity index (χ4v) is 0.881. The van der Waals surface area contributed by atoms with Crippen LogP contribution in [0.3, 0.4) is 0 Å². The molecule has 0 fully saturated rings. The molecule has 16 heavy (non-hydrogen) atoms. The summed E-state index contributed by atoms with van der Waals surface area (Å²) in [6.45, 7) is 0.0938. The molecule has 0 aromatic heterocycles. The second-order valence-corrected chi connectivity index (χ2v) is 3.18. The number of ether oxygens (including phenoxy) is 2. The molecule has 0 amide bonds. The van der Waals surface area contributed by atoms with Gasteiger partial charge in [-0.05, 0) is 24.3 Å². The topological polar surface area (TPSA) is 18.5 Å². The predicted molar refractivity (Wildman–Crippen MR) is 49.2 cm³/mol. The number of hydrogen-bond donors (Lipinski definition) is 0. The van der Waals surface area contributed by atoms with Crippen molar-refractivity contribution in [3.05, 3.63) is 24.3 Å². The Morgan fingerprint density at radius 3 is 1.75 bits per heavy atom. The van der Waals surface area contributed by atoms with E-state index in [1.165, 1.54) is 19.2 Å². The molecule has 0 unspecified atom stereocenters. The second-order valence-electron chi connectivity index (χ2n) is 3.18. The van der Waals surface area contributed by atoms with Crippen molar-refractivity contribution in [2.45, 2.75) is 19.0 Å². The van der Waals surface area contributed by atoms with Gasteiger partial charge in [-0.15, -0.1) is 0 Å². The lowest BCUT2D eigenvalue weighted by atomic mass is 10.3. The molecule has 0 saturated heterocycles. The third kappa shape index (κ3) is 2.77. The predicted octanol–water partition coefficient (Wildman–Crippen LogP) is 3.32. The maximum Gasteiger partial charge on any atom is 0.463 e. The first-order valence-corrected chi connectivity index (χ1v) is 4.35. The van der Waals surface area contributed by atoms with Gasteiger partial charge in [0, 0.05) is 6.92 Å². The van der Waals surface area contributed by atoms with Crippen molar-refractivity contribution in [1.29, 1.82) is 0 Å². The van der Waals surface area contributed by atoms with Crippen molar-refractivity contribution in [2.24, 2.45) is 0 Å². The maximum absolute atomic E-state index is 12.8. The maximum atomic E-state index is 12.8. The van der Waals surface area contributed by atoms with E-state index in [1.54, 1.807) is 0 Å². The molecule has 1 rings (SSSR count). The highest BCUT2D eigenvalue weighted by molar-refractivity contribution is 5.31. The van der Waals surface area contributed by atoms with Crippen LogP contribution in [0.2, 0.25) is 0 Å². The minimum atomic E-state index is -4.54. The molecule has 0 aliphatic carbocycles. The molecule has 1 aromatic carbocycles. The minimum absolute atomic E-state index is 0.0938. The second kappa shape index (κ2) is 4.19. The van der Waals surface area contributed by atoms with Crippen LogP contribution >= 0.6 is 0 Å². The fraction of sp³-hybridized carbons (Fsp3) is 0.400. The van der Waals surface area contributed by atoms with E-state index in [0.717, 1.165) is 12.1 Å². The van der Waals surface area contributed by atoms with Crippen LogP contribution in [-0.2, 0) is 0 Å². The Morgan fingerprint density at radius 1 is 0.938 bits per heavy atom. The SMILES string of the molecule is COc1ccc(OC(F)(F)C(C)(F)F)cc1. The summed E-state index contributed by atoms with van der Waals surface area (Å²) in [7, 11) is 1.39. The molecule has 0 spiro atoms. The van der Waals surface area contributed by atoms with Gasteiger partial charge in [-0.25, -0.2) is 0 Å². The lowest BCUT2D eigenvalue weighted by Crippen LogP contribution is -2.42. The smallest absolute Gasteiger partial charge is 0.463 e. The average molecular weight is 238 g/mol. The highest BCUT2D eigenvalue weighted by Crippen LogP contribution is 2.35. The van der Waals surface area contributed by atoms with Crippen molar-refractivity contribution in [3.8, 4) is 11.5 Å². The van der Waals surface area contributed by atoms with E-state index in [4.69, 9.17) is 4.74 Å². The van der Waals surface area contributed by atoms with Crippen LogP contribution in [0.15, 0.2) is 24.3 Å². The molecule has 6 heteroatoms. The molecule has 90 valence electrons. The van der Waals surface area contributed by atoms with Crippen molar-refractivity contribution in [3.63, 3.8) is 0 Å². The van der Waals surface area contributed by atoms with Gasteiger partial charge in [-0.3, -0.25) is 0 Å².